The summed E-state index contributed by atoms with van der Waals surface area (Å²) in [4.78, 5) is 14.1. The number of fused-ring (bicyclic) bond motifs is 1. The summed E-state index contributed by atoms with van der Waals surface area (Å²) in [5.41, 5.74) is 3.12. The molecule has 0 aliphatic carbocycles. The normalized spacial score (nSPS) is 14.9. The highest BCUT2D eigenvalue weighted by atomic mass is 32.2. The van der Waals surface area contributed by atoms with Crippen LogP contribution in [0.15, 0.2) is 66.0 Å². The van der Waals surface area contributed by atoms with E-state index in [4.69, 9.17) is 0 Å². The molecule has 0 saturated carbocycles. The molecule has 7 heteroatoms. The zero-order valence-corrected chi connectivity index (χ0v) is 17.7. The van der Waals surface area contributed by atoms with Crippen LogP contribution < -0.4 is 9.62 Å². The largest absolute Gasteiger partial charge is 0.340 e. The molecule has 1 N–H and O–H groups in total. The van der Waals surface area contributed by atoms with Crippen LogP contribution in [-0.2, 0) is 16.4 Å². The van der Waals surface area contributed by atoms with Crippen LogP contribution in [0.2, 0.25) is 0 Å². The first kappa shape index (κ1) is 19.7. The van der Waals surface area contributed by atoms with Crippen molar-refractivity contribution in [3.05, 3.63) is 87.6 Å². The van der Waals surface area contributed by atoms with Crippen LogP contribution in [0.3, 0.4) is 0 Å². The van der Waals surface area contributed by atoms with Crippen molar-refractivity contribution in [1.82, 2.24) is 5.32 Å². The number of carbonyl (C=O) groups excluding carboxylic acids is 1. The van der Waals surface area contributed by atoms with Gasteiger partial charge < -0.3 is 5.32 Å². The predicted molar refractivity (Wildman–Crippen MR) is 117 cm³/mol. The smallest absolute Gasteiger partial charge is 0.252 e. The van der Waals surface area contributed by atoms with Crippen LogP contribution in [0.5, 0.6) is 0 Å². The number of aryl methyl sites for hydroxylation is 1. The van der Waals surface area contributed by atoms with Crippen molar-refractivity contribution in [3.8, 4) is 0 Å². The van der Waals surface area contributed by atoms with Crippen LogP contribution in [0, 0.1) is 0 Å². The molecule has 3 aromatic rings. The van der Waals surface area contributed by atoms with Gasteiger partial charge in [0.15, 0.2) is 0 Å². The van der Waals surface area contributed by atoms with Gasteiger partial charge in [0, 0.05) is 17.0 Å². The molecule has 1 aliphatic rings. The van der Waals surface area contributed by atoms with Crippen molar-refractivity contribution in [2.24, 2.45) is 0 Å². The Bertz CT molecular complexity index is 1110. The first-order valence-corrected chi connectivity index (χ1v) is 12.2. The number of anilines is 1. The third kappa shape index (κ3) is 4.21. The fourth-order valence-corrected chi connectivity index (χ4v) is 5.48. The lowest BCUT2D eigenvalue weighted by molar-refractivity contribution is 0.0943. The third-order valence-corrected chi connectivity index (χ3v) is 7.17. The molecule has 4 rings (SSSR count). The van der Waals surface area contributed by atoms with Crippen LogP contribution in [0.25, 0.3) is 0 Å². The van der Waals surface area contributed by atoms with Gasteiger partial charge in [-0.1, -0.05) is 36.4 Å². The van der Waals surface area contributed by atoms with E-state index in [1.807, 2.05) is 53.9 Å². The zero-order valence-electron chi connectivity index (χ0n) is 16.0. The van der Waals surface area contributed by atoms with Crippen LogP contribution in [0.1, 0.15) is 38.8 Å². The monoisotopic (exact) mass is 426 g/mol. The van der Waals surface area contributed by atoms with E-state index in [1.54, 1.807) is 23.5 Å². The molecular weight excluding hydrogens is 404 g/mol. The van der Waals surface area contributed by atoms with Gasteiger partial charge in [0.1, 0.15) is 0 Å². The molecule has 150 valence electrons. The molecule has 0 fully saturated rings. The van der Waals surface area contributed by atoms with Crippen molar-refractivity contribution in [1.29, 1.82) is 0 Å². The van der Waals surface area contributed by atoms with Gasteiger partial charge in [-0.3, -0.25) is 9.10 Å². The molecule has 0 saturated heterocycles. The van der Waals surface area contributed by atoms with Crippen molar-refractivity contribution < 1.29 is 13.2 Å². The quantitative estimate of drug-likeness (QED) is 0.671. The second kappa shape index (κ2) is 8.00. The van der Waals surface area contributed by atoms with Crippen molar-refractivity contribution in [2.45, 2.75) is 18.9 Å². The summed E-state index contributed by atoms with van der Waals surface area (Å²) in [6.07, 6.45) is 2.72. The first-order chi connectivity index (χ1) is 13.9. The summed E-state index contributed by atoms with van der Waals surface area (Å²) in [5, 5.41) is 5.14. The maximum absolute atomic E-state index is 13.0. The van der Waals surface area contributed by atoms with Crippen LogP contribution in [0.4, 0.5) is 5.69 Å². The fraction of sp³-hybridized carbons (Fsp3) is 0.227. The zero-order chi connectivity index (χ0) is 20.4. The lowest BCUT2D eigenvalue weighted by Crippen LogP contribution is -2.35. The average molecular weight is 427 g/mol. The Balaban J connectivity index is 1.63. The van der Waals surface area contributed by atoms with Crippen molar-refractivity contribution in [3.63, 3.8) is 0 Å². The molecular formula is C22H22N2O3S2. The van der Waals surface area contributed by atoms with E-state index in [1.165, 1.54) is 10.6 Å². The number of thiophene rings is 1. The number of hydrogen-bond acceptors (Lipinski definition) is 4. The van der Waals surface area contributed by atoms with Gasteiger partial charge in [-0.25, -0.2) is 8.42 Å². The van der Waals surface area contributed by atoms with Gasteiger partial charge in [0.2, 0.25) is 10.0 Å². The minimum Gasteiger partial charge on any atom is -0.340 e. The summed E-state index contributed by atoms with van der Waals surface area (Å²) >= 11 is 1.60. The van der Waals surface area contributed by atoms with Gasteiger partial charge >= 0.3 is 0 Å². The van der Waals surface area contributed by atoms with E-state index >= 15 is 0 Å². The lowest BCUT2D eigenvalue weighted by Gasteiger charge is -2.29. The number of sulfonamides is 1. The highest BCUT2D eigenvalue weighted by molar-refractivity contribution is 7.92. The molecule has 2 heterocycles. The van der Waals surface area contributed by atoms with Crippen LogP contribution in [-0.4, -0.2) is 27.1 Å². The fourth-order valence-electron chi connectivity index (χ4n) is 3.68. The van der Waals surface area contributed by atoms with Crippen molar-refractivity contribution >= 4 is 33.0 Å². The maximum atomic E-state index is 13.0. The van der Waals surface area contributed by atoms with E-state index in [9.17, 15) is 13.2 Å². The number of benzene rings is 2. The Morgan fingerprint density at radius 2 is 1.90 bits per heavy atom. The molecule has 0 spiro atoms. The standard InChI is InChI=1S/C22H22N2O3S2/c1-29(26,27)24-13-5-9-17-15-18(11-12-19(17)24)22(25)23-21(20-10-6-14-28-20)16-7-3-2-4-8-16/h2-4,6-8,10-12,14-15,21H,5,9,13H2,1H3,(H,23,25). The number of carbonyl (C=O) groups is 1. The molecule has 1 atom stereocenters. The van der Waals surface area contributed by atoms with E-state index < -0.39 is 10.0 Å². The molecule has 2 aromatic carbocycles. The molecule has 5 nitrogen and oxygen atoms in total. The van der Waals surface area contributed by atoms with Crippen LogP contribution >= 0.6 is 11.3 Å². The summed E-state index contributed by atoms with van der Waals surface area (Å²) in [6, 6.07) is 18.9. The highest BCUT2D eigenvalue weighted by Crippen LogP contribution is 2.31. The number of rotatable bonds is 5. The maximum Gasteiger partial charge on any atom is 0.252 e. The van der Waals surface area contributed by atoms with Gasteiger partial charge in [-0.15, -0.1) is 11.3 Å². The Hall–Kier alpha value is -2.64. The summed E-state index contributed by atoms with van der Waals surface area (Å²) in [5.74, 6) is -0.175. The second-order valence-electron chi connectivity index (χ2n) is 7.11. The van der Waals surface area contributed by atoms with Gasteiger partial charge in [-0.2, -0.15) is 0 Å². The molecule has 1 amide bonds. The third-order valence-electron chi connectivity index (χ3n) is 5.05. The lowest BCUT2D eigenvalue weighted by atomic mass is 9.99. The molecule has 1 aliphatic heterocycles. The van der Waals surface area contributed by atoms with E-state index in [0.29, 0.717) is 17.8 Å². The summed E-state index contributed by atoms with van der Waals surface area (Å²) in [6.45, 7) is 0.478. The molecule has 1 aromatic heterocycles. The minimum atomic E-state index is -3.32. The SMILES string of the molecule is CS(=O)(=O)N1CCCc2cc(C(=O)NC(c3ccccc3)c3cccs3)ccc21. The predicted octanol–water partition coefficient (Wildman–Crippen LogP) is 3.98. The Labute approximate surface area is 175 Å². The van der Waals surface area contributed by atoms with E-state index in [-0.39, 0.29) is 11.9 Å². The number of nitrogens with one attached hydrogen (secondary N) is 1. The Kier molecular flexibility index (Phi) is 5.43. The average Bonchev–Trinajstić information content (AvgIpc) is 3.25. The number of nitrogens with zero attached hydrogens (tertiary/aromatic N) is 1. The van der Waals surface area contributed by atoms with Crippen molar-refractivity contribution in [2.75, 3.05) is 17.1 Å². The minimum absolute atomic E-state index is 0.175. The van der Waals surface area contributed by atoms with Gasteiger partial charge in [0.25, 0.3) is 5.91 Å². The topological polar surface area (TPSA) is 66.5 Å². The molecule has 29 heavy (non-hydrogen) atoms. The second-order valence-corrected chi connectivity index (χ2v) is 10.0. The van der Waals surface area contributed by atoms with Gasteiger partial charge in [-0.05, 0) is 53.6 Å². The summed E-state index contributed by atoms with van der Waals surface area (Å²) in [7, 11) is -3.32. The summed E-state index contributed by atoms with van der Waals surface area (Å²) < 4.78 is 25.5. The number of hydrogen-bond donors (Lipinski definition) is 1. The molecule has 0 bridgehead atoms. The molecule has 1 unspecified atom stereocenters. The van der Waals surface area contributed by atoms with Gasteiger partial charge in [0.05, 0.1) is 18.0 Å². The first-order valence-electron chi connectivity index (χ1n) is 9.43. The Morgan fingerprint density at radius 1 is 1.10 bits per heavy atom. The van der Waals surface area contributed by atoms with E-state index in [2.05, 4.69) is 5.32 Å². The Morgan fingerprint density at radius 3 is 2.59 bits per heavy atom. The van der Waals surface area contributed by atoms with E-state index in [0.717, 1.165) is 28.8 Å². The highest BCUT2D eigenvalue weighted by Gasteiger charge is 2.25. The number of amides is 1. The molecule has 0 radical (unpaired) electrons.